The average molecular weight is 111 g/mol. The summed E-state index contributed by atoms with van der Waals surface area (Å²) in [5, 5.41) is 3.41. The van der Waals surface area contributed by atoms with Gasteiger partial charge in [0.25, 0.3) is 0 Å². The van der Waals surface area contributed by atoms with Crippen molar-refractivity contribution < 1.29 is 0 Å². The molecular weight excluding hydrogens is 102 g/mol. The molecule has 0 fully saturated rings. The van der Waals surface area contributed by atoms with Gasteiger partial charge in [0.2, 0.25) is 0 Å². The Hall–Kier alpha value is -0.950. The molecule has 0 aromatic rings. The zero-order valence-electron chi connectivity index (χ0n) is 5.07. The van der Waals surface area contributed by atoms with Gasteiger partial charge in [0.1, 0.15) is 0 Å². The van der Waals surface area contributed by atoms with Crippen molar-refractivity contribution in [3.63, 3.8) is 0 Å². The van der Waals surface area contributed by atoms with Crippen molar-refractivity contribution in [2.75, 3.05) is 0 Å². The molecule has 0 bridgehead atoms. The summed E-state index contributed by atoms with van der Waals surface area (Å²) in [4.78, 5) is 2.63. The van der Waals surface area contributed by atoms with Gasteiger partial charge >= 0.3 is 0 Å². The van der Waals surface area contributed by atoms with Gasteiger partial charge in [-0.3, -0.25) is 0 Å². The van der Waals surface area contributed by atoms with Crippen LogP contribution in [0.15, 0.2) is 17.3 Å². The Balaban J connectivity index is 3.64. The Labute approximate surface area is 48.6 Å². The zero-order chi connectivity index (χ0) is 6.41. The van der Waals surface area contributed by atoms with Gasteiger partial charge in [-0.15, -0.1) is 0 Å². The van der Waals surface area contributed by atoms with Crippen molar-refractivity contribution in [2.45, 2.75) is 19.9 Å². The quantitative estimate of drug-likeness (QED) is 0.227. The lowest BCUT2D eigenvalue weighted by atomic mass is 10.3. The highest BCUT2D eigenvalue weighted by Gasteiger charge is 1.84. The van der Waals surface area contributed by atoms with Crippen LogP contribution in [0.2, 0.25) is 0 Å². The van der Waals surface area contributed by atoms with Gasteiger partial charge in [-0.1, -0.05) is 24.2 Å². The van der Waals surface area contributed by atoms with Crippen molar-refractivity contribution in [3.05, 3.63) is 22.6 Å². The van der Waals surface area contributed by atoms with Crippen LogP contribution in [0.5, 0.6) is 0 Å². The molecule has 0 rings (SSSR count). The van der Waals surface area contributed by atoms with E-state index in [0.717, 1.165) is 0 Å². The summed E-state index contributed by atoms with van der Waals surface area (Å²) in [7, 11) is 0. The van der Waals surface area contributed by atoms with Gasteiger partial charge in [0.05, 0.1) is 6.04 Å². The number of nitrogens with zero attached hydrogens (tertiary/aromatic N) is 3. The van der Waals surface area contributed by atoms with Crippen molar-refractivity contribution in [2.24, 2.45) is 5.11 Å². The number of hydrogen-bond donors (Lipinski definition) is 0. The highest BCUT2D eigenvalue weighted by molar-refractivity contribution is 4.87. The van der Waals surface area contributed by atoms with E-state index in [1.807, 2.05) is 26.0 Å². The fourth-order valence-corrected chi connectivity index (χ4v) is 0.398. The largest absolute Gasteiger partial charge is 0.0913 e. The Bertz CT molecular complexity index is 122. The first kappa shape index (κ1) is 7.05. The number of allylic oxidation sites excluding steroid dienone is 1. The van der Waals surface area contributed by atoms with Gasteiger partial charge in [-0.05, 0) is 12.5 Å². The predicted octanol–water partition coefficient (Wildman–Crippen LogP) is 2.26. The van der Waals surface area contributed by atoms with E-state index in [2.05, 4.69) is 10.0 Å². The van der Waals surface area contributed by atoms with E-state index in [1.165, 1.54) is 0 Å². The first-order valence-corrected chi connectivity index (χ1v) is 2.48. The van der Waals surface area contributed by atoms with E-state index in [-0.39, 0.29) is 6.04 Å². The van der Waals surface area contributed by atoms with E-state index in [1.54, 1.807) is 0 Å². The van der Waals surface area contributed by atoms with E-state index >= 15 is 0 Å². The molecule has 3 heteroatoms. The molecule has 1 unspecified atom stereocenters. The van der Waals surface area contributed by atoms with Crippen LogP contribution in [0.3, 0.4) is 0 Å². The summed E-state index contributed by atoms with van der Waals surface area (Å²) in [5.41, 5.74) is 7.89. The molecule has 44 valence electrons. The van der Waals surface area contributed by atoms with Crippen LogP contribution >= 0.6 is 0 Å². The summed E-state index contributed by atoms with van der Waals surface area (Å²) in [6.07, 6.45) is 3.69. The first-order chi connectivity index (χ1) is 3.81. The summed E-state index contributed by atoms with van der Waals surface area (Å²) in [5.74, 6) is 0. The van der Waals surface area contributed by atoms with Gasteiger partial charge in [-0.25, -0.2) is 0 Å². The molecule has 0 aromatic heterocycles. The zero-order valence-corrected chi connectivity index (χ0v) is 5.07. The van der Waals surface area contributed by atoms with E-state index in [9.17, 15) is 0 Å². The Morgan fingerprint density at radius 1 is 1.75 bits per heavy atom. The molecule has 0 saturated heterocycles. The molecule has 0 aliphatic heterocycles. The van der Waals surface area contributed by atoms with Crippen LogP contribution in [0.4, 0.5) is 0 Å². The number of rotatable bonds is 2. The predicted molar refractivity (Wildman–Crippen MR) is 33.4 cm³/mol. The second kappa shape index (κ2) is 4.22. The van der Waals surface area contributed by atoms with Gasteiger partial charge < -0.3 is 0 Å². The third kappa shape index (κ3) is 3.25. The molecule has 0 aliphatic rings. The topological polar surface area (TPSA) is 48.8 Å². The lowest BCUT2D eigenvalue weighted by Gasteiger charge is -1.88. The molecule has 0 amide bonds. The van der Waals surface area contributed by atoms with Crippen LogP contribution in [0.1, 0.15) is 13.8 Å². The maximum Gasteiger partial charge on any atom is 0.0526 e. The highest BCUT2D eigenvalue weighted by atomic mass is 15.1. The minimum atomic E-state index is -0.00926. The molecule has 1 atom stereocenters. The van der Waals surface area contributed by atoms with Crippen LogP contribution in [0, 0.1) is 0 Å². The molecule has 0 aliphatic carbocycles. The van der Waals surface area contributed by atoms with Crippen LogP contribution in [-0.2, 0) is 0 Å². The SMILES string of the molecule is C/C=C/C(C)N=[N+]=[N-]. The van der Waals surface area contributed by atoms with Crippen LogP contribution < -0.4 is 0 Å². The Kier molecular flexibility index (Phi) is 3.71. The fourth-order valence-electron chi connectivity index (χ4n) is 0.398. The second-order valence-electron chi connectivity index (χ2n) is 1.47. The molecule has 0 saturated carbocycles. The maximum absolute atomic E-state index is 7.89. The normalized spacial score (nSPS) is 13.2. The molecular formula is C5H9N3. The molecule has 0 spiro atoms. The molecule has 0 aromatic carbocycles. The van der Waals surface area contributed by atoms with E-state index in [0.29, 0.717) is 0 Å². The van der Waals surface area contributed by atoms with Crippen molar-refractivity contribution in [1.29, 1.82) is 0 Å². The summed E-state index contributed by atoms with van der Waals surface area (Å²) >= 11 is 0. The fraction of sp³-hybridized carbons (Fsp3) is 0.600. The van der Waals surface area contributed by atoms with E-state index in [4.69, 9.17) is 5.53 Å². The lowest BCUT2D eigenvalue weighted by molar-refractivity contribution is 0.909. The van der Waals surface area contributed by atoms with Gasteiger partial charge in [-0.2, -0.15) is 0 Å². The van der Waals surface area contributed by atoms with Crippen molar-refractivity contribution in [3.8, 4) is 0 Å². The second-order valence-corrected chi connectivity index (χ2v) is 1.47. The monoisotopic (exact) mass is 111 g/mol. The molecule has 0 heterocycles. The number of hydrogen-bond acceptors (Lipinski definition) is 1. The van der Waals surface area contributed by atoms with Crippen LogP contribution in [0.25, 0.3) is 10.4 Å². The third-order valence-electron chi connectivity index (χ3n) is 0.705. The van der Waals surface area contributed by atoms with Crippen LogP contribution in [-0.4, -0.2) is 6.04 Å². The van der Waals surface area contributed by atoms with Gasteiger partial charge in [0.15, 0.2) is 0 Å². The van der Waals surface area contributed by atoms with E-state index < -0.39 is 0 Å². The highest BCUT2D eigenvalue weighted by Crippen LogP contribution is 1.89. The molecule has 3 nitrogen and oxygen atoms in total. The lowest BCUT2D eigenvalue weighted by Crippen LogP contribution is -1.86. The Morgan fingerprint density at radius 2 is 2.38 bits per heavy atom. The molecule has 0 radical (unpaired) electrons. The first-order valence-electron chi connectivity index (χ1n) is 2.48. The minimum Gasteiger partial charge on any atom is -0.0913 e. The Morgan fingerprint density at radius 3 is 2.75 bits per heavy atom. The number of azide groups is 1. The smallest absolute Gasteiger partial charge is 0.0526 e. The molecule has 8 heavy (non-hydrogen) atoms. The van der Waals surface area contributed by atoms with Gasteiger partial charge in [0, 0.05) is 4.91 Å². The van der Waals surface area contributed by atoms with Crippen molar-refractivity contribution >= 4 is 0 Å². The maximum atomic E-state index is 7.89. The molecule has 0 N–H and O–H groups in total. The standard InChI is InChI=1S/C5H9N3/c1-3-4-5(2)7-8-6/h3-5H,1-2H3/b4-3+. The summed E-state index contributed by atoms with van der Waals surface area (Å²) in [6, 6.07) is -0.00926. The minimum absolute atomic E-state index is 0.00926. The summed E-state index contributed by atoms with van der Waals surface area (Å²) < 4.78 is 0. The average Bonchev–Trinajstić information content (AvgIpc) is 1.68. The summed E-state index contributed by atoms with van der Waals surface area (Å²) in [6.45, 7) is 3.73. The third-order valence-corrected chi connectivity index (χ3v) is 0.705. The van der Waals surface area contributed by atoms with Crippen molar-refractivity contribution in [1.82, 2.24) is 0 Å².